The number of nitrogens with one attached hydrogen (secondary N) is 1. The summed E-state index contributed by atoms with van der Waals surface area (Å²) < 4.78 is 7.18. The highest BCUT2D eigenvalue weighted by Gasteiger charge is 2.34. The van der Waals surface area contributed by atoms with Gasteiger partial charge in [0.1, 0.15) is 11.6 Å². The minimum Gasteiger partial charge on any atom is -0.484 e. The zero-order valence-corrected chi connectivity index (χ0v) is 18.4. The third kappa shape index (κ3) is 4.29. The molecule has 7 nitrogen and oxygen atoms in total. The number of nitrogens with two attached hydrogens (primary N) is 1. The molecule has 3 N–H and O–H groups in total. The number of carbonyl (C=O) groups is 2. The number of nitrogens with zero attached hydrogens (tertiary/aromatic N) is 2. The van der Waals surface area contributed by atoms with Gasteiger partial charge in [-0.15, -0.1) is 11.8 Å². The number of aryl methyl sites for hydroxylation is 2. The van der Waals surface area contributed by atoms with Gasteiger partial charge in [-0.2, -0.15) is 5.10 Å². The van der Waals surface area contributed by atoms with E-state index in [1.54, 1.807) is 16.4 Å². The van der Waals surface area contributed by atoms with Crippen LogP contribution in [0.25, 0.3) is 5.69 Å². The van der Waals surface area contributed by atoms with Gasteiger partial charge >= 0.3 is 0 Å². The molecule has 0 unspecified atom stereocenters. The highest BCUT2D eigenvalue weighted by Crippen LogP contribution is 2.46. The summed E-state index contributed by atoms with van der Waals surface area (Å²) in [6, 6.07) is 15.6. The summed E-state index contributed by atoms with van der Waals surface area (Å²) in [5, 5.41) is 7.50. The van der Waals surface area contributed by atoms with Crippen LogP contribution >= 0.6 is 11.8 Å². The second-order valence-electron chi connectivity index (χ2n) is 7.57. The molecule has 160 valence electrons. The largest absolute Gasteiger partial charge is 0.484 e. The number of fused-ring (bicyclic) bond motifs is 1. The van der Waals surface area contributed by atoms with Crippen LogP contribution in [-0.4, -0.2) is 33.5 Å². The van der Waals surface area contributed by atoms with Gasteiger partial charge in [-0.1, -0.05) is 29.8 Å². The molecule has 0 fully saturated rings. The Labute approximate surface area is 185 Å². The Morgan fingerprint density at radius 3 is 2.48 bits per heavy atom. The Kier molecular flexibility index (Phi) is 5.73. The fourth-order valence-electron chi connectivity index (χ4n) is 3.54. The fraction of sp³-hybridized carbons (Fsp3) is 0.261. The average Bonchev–Trinajstić information content (AvgIpc) is 2.99. The van der Waals surface area contributed by atoms with E-state index in [2.05, 4.69) is 5.32 Å². The lowest BCUT2D eigenvalue weighted by Crippen LogP contribution is -2.22. The highest BCUT2D eigenvalue weighted by molar-refractivity contribution is 8.01. The monoisotopic (exact) mass is 436 g/mol. The van der Waals surface area contributed by atoms with Crippen LogP contribution in [0.3, 0.4) is 0 Å². The second-order valence-corrected chi connectivity index (χ2v) is 9.02. The second kappa shape index (κ2) is 8.47. The first kappa shape index (κ1) is 21.0. The van der Waals surface area contributed by atoms with Crippen molar-refractivity contribution in [2.75, 3.05) is 11.9 Å². The summed E-state index contributed by atoms with van der Waals surface area (Å²) in [4.78, 5) is 23.7. The number of thioether (sulfide) groups is 1. The Hall–Kier alpha value is -3.26. The van der Waals surface area contributed by atoms with Gasteiger partial charge in [-0.25, -0.2) is 4.68 Å². The zero-order valence-electron chi connectivity index (χ0n) is 17.6. The van der Waals surface area contributed by atoms with Crippen molar-refractivity contribution in [2.24, 2.45) is 5.73 Å². The molecule has 0 saturated carbocycles. The molecule has 31 heavy (non-hydrogen) atoms. The molecule has 0 aliphatic carbocycles. The number of primary amides is 1. The van der Waals surface area contributed by atoms with Crippen molar-refractivity contribution in [2.45, 2.75) is 31.3 Å². The molecule has 0 bridgehead atoms. The molecular weight excluding hydrogens is 412 g/mol. The van der Waals surface area contributed by atoms with Crippen LogP contribution in [0.15, 0.2) is 48.5 Å². The van der Waals surface area contributed by atoms with Crippen LogP contribution in [0.1, 0.15) is 34.6 Å². The number of ether oxygens (including phenoxy) is 1. The summed E-state index contributed by atoms with van der Waals surface area (Å²) in [7, 11) is 0. The SMILES string of the molecule is Cc1ccc(-n2nc(C)c3c2NC(=O)[C@H](C)S[C@@H]3c2ccc(OCC(N)=O)cc2)cc1. The Bertz CT molecular complexity index is 1120. The van der Waals surface area contributed by atoms with Gasteiger partial charge in [-0.05, 0) is 50.6 Å². The molecule has 2 atom stereocenters. The first-order valence-corrected chi connectivity index (χ1v) is 10.9. The summed E-state index contributed by atoms with van der Waals surface area (Å²) in [6.07, 6.45) is 0. The number of carbonyl (C=O) groups excluding carboxylic acids is 2. The van der Waals surface area contributed by atoms with Gasteiger partial charge in [-0.3, -0.25) is 9.59 Å². The number of amides is 2. The van der Waals surface area contributed by atoms with Crippen molar-refractivity contribution in [1.82, 2.24) is 9.78 Å². The first-order chi connectivity index (χ1) is 14.8. The van der Waals surface area contributed by atoms with E-state index in [-0.39, 0.29) is 23.0 Å². The van der Waals surface area contributed by atoms with Gasteiger partial charge in [0.05, 0.1) is 21.9 Å². The van der Waals surface area contributed by atoms with E-state index < -0.39 is 5.91 Å². The molecule has 1 aliphatic heterocycles. The third-order valence-electron chi connectivity index (χ3n) is 5.16. The molecule has 1 aromatic heterocycles. The van der Waals surface area contributed by atoms with E-state index in [0.717, 1.165) is 28.1 Å². The summed E-state index contributed by atoms with van der Waals surface area (Å²) in [6.45, 7) is 5.73. The van der Waals surface area contributed by atoms with E-state index in [1.807, 2.05) is 69.3 Å². The van der Waals surface area contributed by atoms with Crippen molar-refractivity contribution < 1.29 is 14.3 Å². The lowest BCUT2D eigenvalue weighted by molar-refractivity contribution is -0.120. The van der Waals surface area contributed by atoms with Crippen molar-refractivity contribution >= 4 is 29.4 Å². The van der Waals surface area contributed by atoms with Crippen LogP contribution < -0.4 is 15.8 Å². The summed E-state index contributed by atoms with van der Waals surface area (Å²) >= 11 is 1.58. The maximum Gasteiger partial charge on any atom is 0.255 e. The number of rotatable bonds is 5. The van der Waals surface area contributed by atoms with E-state index in [9.17, 15) is 9.59 Å². The number of benzene rings is 2. The molecule has 3 aromatic rings. The van der Waals surface area contributed by atoms with Crippen LogP contribution in [-0.2, 0) is 9.59 Å². The topological polar surface area (TPSA) is 99.2 Å². The normalized spacial score (nSPS) is 18.1. The molecule has 2 heterocycles. The van der Waals surface area contributed by atoms with E-state index in [0.29, 0.717) is 11.6 Å². The van der Waals surface area contributed by atoms with Gasteiger partial charge in [0.2, 0.25) is 5.91 Å². The first-order valence-electron chi connectivity index (χ1n) is 9.97. The molecule has 8 heteroatoms. The molecule has 2 aromatic carbocycles. The highest BCUT2D eigenvalue weighted by atomic mass is 32.2. The zero-order chi connectivity index (χ0) is 22.1. The van der Waals surface area contributed by atoms with Crippen LogP contribution in [0.2, 0.25) is 0 Å². The van der Waals surface area contributed by atoms with Crippen molar-refractivity contribution in [1.29, 1.82) is 0 Å². The number of aromatic nitrogens is 2. The lowest BCUT2D eigenvalue weighted by Gasteiger charge is -2.18. The predicted molar refractivity (Wildman–Crippen MR) is 122 cm³/mol. The maximum absolute atomic E-state index is 12.8. The van der Waals surface area contributed by atoms with Gasteiger partial charge in [0.25, 0.3) is 5.91 Å². The number of anilines is 1. The van der Waals surface area contributed by atoms with Crippen LogP contribution in [0.4, 0.5) is 5.82 Å². The van der Waals surface area contributed by atoms with Gasteiger partial charge in [0, 0.05) is 5.56 Å². The fourth-order valence-corrected chi connectivity index (χ4v) is 4.86. The summed E-state index contributed by atoms with van der Waals surface area (Å²) in [5.74, 6) is 0.687. The maximum atomic E-state index is 12.8. The van der Waals surface area contributed by atoms with Gasteiger partial charge in [0.15, 0.2) is 6.61 Å². The van der Waals surface area contributed by atoms with Crippen molar-refractivity contribution in [3.8, 4) is 11.4 Å². The molecule has 0 spiro atoms. The van der Waals surface area contributed by atoms with E-state index in [4.69, 9.17) is 15.6 Å². The van der Waals surface area contributed by atoms with Crippen LogP contribution in [0.5, 0.6) is 5.75 Å². The number of hydrogen-bond acceptors (Lipinski definition) is 5. The van der Waals surface area contributed by atoms with Gasteiger partial charge < -0.3 is 15.8 Å². The molecule has 1 aliphatic rings. The molecule has 0 saturated heterocycles. The lowest BCUT2D eigenvalue weighted by atomic mass is 10.0. The molecule has 0 radical (unpaired) electrons. The quantitative estimate of drug-likeness (QED) is 0.638. The Morgan fingerprint density at radius 2 is 1.84 bits per heavy atom. The third-order valence-corrected chi connectivity index (χ3v) is 6.56. The van der Waals surface area contributed by atoms with Crippen molar-refractivity contribution in [3.63, 3.8) is 0 Å². The molecular formula is C23H24N4O3S. The predicted octanol–water partition coefficient (Wildman–Crippen LogP) is 3.52. The Balaban J connectivity index is 1.76. The standard InChI is InChI=1S/C23H24N4O3S/c1-13-4-8-17(9-5-13)27-22-20(14(2)26-27)21(31-15(3)23(29)25-22)16-6-10-18(11-7-16)30-12-19(24)28/h4-11,15,21H,12H2,1-3H3,(H2,24,28)(H,25,29)/t15-,21+/m0/s1. The van der Waals surface area contributed by atoms with E-state index in [1.165, 1.54) is 0 Å². The summed E-state index contributed by atoms with van der Waals surface area (Å²) in [5.41, 5.74) is 10.1. The molecule has 2 amide bonds. The smallest absolute Gasteiger partial charge is 0.255 e. The minimum absolute atomic E-state index is 0.0524. The average molecular weight is 437 g/mol. The Morgan fingerprint density at radius 1 is 1.16 bits per heavy atom. The van der Waals surface area contributed by atoms with Crippen molar-refractivity contribution in [3.05, 3.63) is 70.9 Å². The molecule has 4 rings (SSSR count). The minimum atomic E-state index is -0.523. The van der Waals surface area contributed by atoms with Crippen LogP contribution in [0, 0.1) is 13.8 Å². The van der Waals surface area contributed by atoms with E-state index >= 15 is 0 Å². The number of hydrogen-bond donors (Lipinski definition) is 2.